The van der Waals surface area contributed by atoms with Crippen LogP contribution in [0.5, 0.6) is 11.5 Å². The number of methoxy groups -OCH3 is 2. The first-order chi connectivity index (χ1) is 18.9. The number of anilines is 1. The quantitative estimate of drug-likeness (QED) is 0.391. The number of carbonyl (C=O) groups is 2. The van der Waals surface area contributed by atoms with E-state index in [2.05, 4.69) is 28.9 Å². The molecule has 1 saturated heterocycles. The molecule has 2 aromatic carbocycles. The lowest BCUT2D eigenvalue weighted by Gasteiger charge is -2.36. The van der Waals surface area contributed by atoms with Crippen molar-refractivity contribution in [1.82, 2.24) is 20.0 Å². The molecule has 0 radical (unpaired) electrons. The summed E-state index contributed by atoms with van der Waals surface area (Å²) in [5.74, 6) is 2.48. The average molecular weight is 532 g/mol. The van der Waals surface area contributed by atoms with Crippen molar-refractivity contribution in [2.24, 2.45) is 5.92 Å². The molecule has 1 aromatic heterocycles. The standard InChI is InChI=1S/C30H37N5O4/c1-22(2)14-15-35(30(37)23-8-10-25(38-3)11-9-23)21-29(36)34-18-16-33(17-19-34)28-13-12-27(31-32-28)24-6-5-7-26(20-24)39-4/h5-13,20,22H,14-19,21H2,1-4H3. The predicted molar refractivity (Wildman–Crippen MR) is 151 cm³/mol. The fraction of sp³-hybridized carbons (Fsp3) is 0.400. The highest BCUT2D eigenvalue weighted by Crippen LogP contribution is 2.23. The average Bonchev–Trinajstić information content (AvgIpc) is 2.99. The van der Waals surface area contributed by atoms with Gasteiger partial charge in [-0.15, -0.1) is 10.2 Å². The highest BCUT2D eigenvalue weighted by molar-refractivity contribution is 5.96. The largest absolute Gasteiger partial charge is 0.497 e. The Morgan fingerprint density at radius 1 is 0.897 bits per heavy atom. The van der Waals surface area contributed by atoms with Gasteiger partial charge in [-0.25, -0.2) is 0 Å². The van der Waals surface area contributed by atoms with Crippen LogP contribution in [0.4, 0.5) is 5.82 Å². The van der Waals surface area contributed by atoms with Gasteiger partial charge in [-0.1, -0.05) is 26.0 Å². The van der Waals surface area contributed by atoms with Crippen LogP contribution in [0.3, 0.4) is 0 Å². The van der Waals surface area contributed by atoms with Crippen LogP contribution < -0.4 is 14.4 Å². The maximum absolute atomic E-state index is 13.3. The van der Waals surface area contributed by atoms with E-state index in [0.29, 0.717) is 50.0 Å². The van der Waals surface area contributed by atoms with Crippen LogP contribution in [0.15, 0.2) is 60.7 Å². The van der Waals surface area contributed by atoms with Gasteiger partial charge in [0.15, 0.2) is 5.82 Å². The molecule has 0 unspecified atom stereocenters. The van der Waals surface area contributed by atoms with Gasteiger partial charge < -0.3 is 24.2 Å². The van der Waals surface area contributed by atoms with Crippen molar-refractivity contribution < 1.29 is 19.1 Å². The second-order valence-electron chi connectivity index (χ2n) is 10.0. The van der Waals surface area contributed by atoms with E-state index in [0.717, 1.165) is 29.2 Å². The zero-order chi connectivity index (χ0) is 27.8. The molecule has 9 heteroatoms. The molecule has 0 spiro atoms. The Labute approximate surface area is 230 Å². The van der Waals surface area contributed by atoms with E-state index in [1.165, 1.54) is 0 Å². The number of carbonyl (C=O) groups excluding carboxylic acids is 2. The molecule has 1 fully saturated rings. The summed E-state index contributed by atoms with van der Waals surface area (Å²) in [6, 6.07) is 18.6. The van der Waals surface area contributed by atoms with Crippen molar-refractivity contribution in [3.63, 3.8) is 0 Å². The fourth-order valence-electron chi connectivity index (χ4n) is 4.46. The van der Waals surface area contributed by atoms with Gasteiger partial charge >= 0.3 is 0 Å². The molecule has 2 amide bonds. The van der Waals surface area contributed by atoms with Crippen LogP contribution in [-0.2, 0) is 4.79 Å². The first-order valence-corrected chi connectivity index (χ1v) is 13.3. The molecule has 1 aliphatic heterocycles. The number of hydrogen-bond donors (Lipinski definition) is 0. The molecule has 0 saturated carbocycles. The molecule has 0 bridgehead atoms. The van der Waals surface area contributed by atoms with Crippen LogP contribution in [0.25, 0.3) is 11.3 Å². The fourth-order valence-corrected chi connectivity index (χ4v) is 4.46. The smallest absolute Gasteiger partial charge is 0.254 e. The second-order valence-corrected chi connectivity index (χ2v) is 10.0. The van der Waals surface area contributed by atoms with E-state index >= 15 is 0 Å². The summed E-state index contributed by atoms with van der Waals surface area (Å²) in [4.78, 5) is 32.1. The number of piperazine rings is 1. The minimum atomic E-state index is -0.142. The first-order valence-electron chi connectivity index (χ1n) is 13.3. The van der Waals surface area contributed by atoms with Crippen LogP contribution in [0.1, 0.15) is 30.6 Å². The van der Waals surface area contributed by atoms with Crippen molar-refractivity contribution in [2.45, 2.75) is 20.3 Å². The summed E-state index contributed by atoms with van der Waals surface area (Å²) in [6.45, 7) is 7.25. The first kappa shape index (κ1) is 27.9. The summed E-state index contributed by atoms with van der Waals surface area (Å²) >= 11 is 0. The van der Waals surface area contributed by atoms with E-state index < -0.39 is 0 Å². The van der Waals surface area contributed by atoms with Crippen LogP contribution in [0.2, 0.25) is 0 Å². The molecule has 0 atom stereocenters. The lowest BCUT2D eigenvalue weighted by molar-refractivity contribution is -0.132. The third kappa shape index (κ3) is 7.25. The van der Waals surface area contributed by atoms with Crippen molar-refractivity contribution in [2.75, 3.05) is 58.4 Å². The Kier molecular flexibility index (Phi) is 9.35. The van der Waals surface area contributed by atoms with Crippen LogP contribution >= 0.6 is 0 Å². The summed E-state index contributed by atoms with van der Waals surface area (Å²) < 4.78 is 10.5. The third-order valence-electron chi connectivity index (χ3n) is 6.90. The molecule has 2 heterocycles. The number of benzene rings is 2. The predicted octanol–water partition coefficient (Wildman–Crippen LogP) is 4.00. The van der Waals surface area contributed by atoms with E-state index in [1.54, 1.807) is 43.4 Å². The molecule has 4 rings (SSSR count). The molecule has 206 valence electrons. The Morgan fingerprint density at radius 2 is 1.62 bits per heavy atom. The molecule has 39 heavy (non-hydrogen) atoms. The number of aromatic nitrogens is 2. The molecule has 9 nitrogen and oxygen atoms in total. The normalized spacial score (nSPS) is 13.4. The zero-order valence-electron chi connectivity index (χ0n) is 23.2. The molecule has 3 aromatic rings. The minimum absolute atomic E-state index is 0.0419. The Hall–Kier alpha value is -4.14. The number of rotatable bonds is 10. The Morgan fingerprint density at radius 3 is 2.23 bits per heavy atom. The van der Waals surface area contributed by atoms with Crippen molar-refractivity contribution in [3.05, 3.63) is 66.2 Å². The summed E-state index contributed by atoms with van der Waals surface area (Å²) in [7, 11) is 3.23. The Bertz CT molecular complexity index is 1240. The number of amides is 2. The van der Waals surface area contributed by atoms with Crippen molar-refractivity contribution in [3.8, 4) is 22.8 Å². The minimum Gasteiger partial charge on any atom is -0.497 e. The monoisotopic (exact) mass is 531 g/mol. The van der Waals surface area contributed by atoms with E-state index in [9.17, 15) is 9.59 Å². The van der Waals surface area contributed by atoms with Crippen LogP contribution in [0, 0.1) is 5.92 Å². The van der Waals surface area contributed by atoms with Gasteiger partial charge in [0, 0.05) is 43.9 Å². The maximum atomic E-state index is 13.3. The van der Waals surface area contributed by atoms with Crippen molar-refractivity contribution >= 4 is 17.6 Å². The van der Waals surface area contributed by atoms with Gasteiger partial charge in [-0.2, -0.15) is 0 Å². The number of ether oxygens (including phenoxy) is 2. The maximum Gasteiger partial charge on any atom is 0.254 e. The summed E-state index contributed by atoms with van der Waals surface area (Å²) in [6.07, 6.45) is 0.827. The lowest BCUT2D eigenvalue weighted by Crippen LogP contribution is -2.52. The van der Waals surface area contributed by atoms with Crippen molar-refractivity contribution in [1.29, 1.82) is 0 Å². The third-order valence-corrected chi connectivity index (χ3v) is 6.90. The van der Waals surface area contributed by atoms with Gasteiger partial charge in [-0.3, -0.25) is 9.59 Å². The molecule has 0 N–H and O–H groups in total. The highest BCUT2D eigenvalue weighted by atomic mass is 16.5. The Balaban J connectivity index is 1.35. The van der Waals surface area contributed by atoms with E-state index in [4.69, 9.17) is 9.47 Å². The molecule has 1 aliphatic rings. The molecule has 0 aliphatic carbocycles. The summed E-state index contributed by atoms with van der Waals surface area (Å²) in [5, 5.41) is 8.84. The highest BCUT2D eigenvalue weighted by Gasteiger charge is 2.26. The SMILES string of the molecule is COc1ccc(C(=O)N(CCC(C)C)CC(=O)N2CCN(c3ccc(-c4cccc(OC)c4)nn3)CC2)cc1. The number of hydrogen-bond acceptors (Lipinski definition) is 7. The summed E-state index contributed by atoms with van der Waals surface area (Å²) in [5.41, 5.74) is 2.26. The molecular weight excluding hydrogens is 494 g/mol. The van der Waals surface area contributed by atoms with Crippen LogP contribution in [-0.4, -0.2) is 85.3 Å². The van der Waals surface area contributed by atoms with Gasteiger partial charge in [0.05, 0.1) is 19.9 Å². The number of nitrogens with zero attached hydrogens (tertiary/aromatic N) is 5. The van der Waals surface area contributed by atoms with Gasteiger partial charge in [0.2, 0.25) is 5.91 Å². The topological polar surface area (TPSA) is 88.1 Å². The zero-order valence-corrected chi connectivity index (χ0v) is 23.2. The van der Waals surface area contributed by atoms with E-state index in [-0.39, 0.29) is 18.4 Å². The lowest BCUT2D eigenvalue weighted by atomic mass is 10.1. The van der Waals surface area contributed by atoms with Gasteiger partial charge in [0.1, 0.15) is 18.0 Å². The van der Waals surface area contributed by atoms with Gasteiger partial charge in [0.25, 0.3) is 5.91 Å². The molecular formula is C30H37N5O4. The van der Waals surface area contributed by atoms with E-state index in [1.807, 2.05) is 41.3 Å². The van der Waals surface area contributed by atoms with Gasteiger partial charge in [-0.05, 0) is 60.9 Å². The second kappa shape index (κ2) is 13.1.